The molecule has 0 spiro atoms. The van der Waals surface area contributed by atoms with Gasteiger partial charge in [-0.25, -0.2) is 0 Å². The van der Waals surface area contributed by atoms with Crippen molar-refractivity contribution in [2.75, 3.05) is 7.11 Å². The lowest BCUT2D eigenvalue weighted by Gasteiger charge is -2.06. The van der Waals surface area contributed by atoms with Crippen molar-refractivity contribution in [1.29, 1.82) is 0 Å². The standard InChI is InChI=1S/C10H8Br2O3/c1-15-10(14)3-6-2-7(11)4-9(12)8(6)5-13/h2,4-5H,3H2,1H3. The van der Waals surface area contributed by atoms with Gasteiger partial charge in [-0.05, 0) is 17.7 Å². The van der Waals surface area contributed by atoms with Gasteiger partial charge < -0.3 is 4.74 Å². The Bertz CT molecular complexity index is 402. The van der Waals surface area contributed by atoms with Crippen molar-refractivity contribution >= 4 is 44.1 Å². The average Bonchev–Trinajstić information content (AvgIpc) is 2.17. The van der Waals surface area contributed by atoms with E-state index in [9.17, 15) is 9.59 Å². The van der Waals surface area contributed by atoms with Crippen LogP contribution in [0.4, 0.5) is 0 Å². The van der Waals surface area contributed by atoms with Crippen molar-refractivity contribution in [3.63, 3.8) is 0 Å². The van der Waals surface area contributed by atoms with Gasteiger partial charge in [-0.2, -0.15) is 0 Å². The van der Waals surface area contributed by atoms with Crippen molar-refractivity contribution < 1.29 is 14.3 Å². The molecule has 0 N–H and O–H groups in total. The molecule has 3 nitrogen and oxygen atoms in total. The molecule has 0 aliphatic carbocycles. The van der Waals surface area contributed by atoms with Crippen LogP contribution < -0.4 is 0 Å². The van der Waals surface area contributed by atoms with Gasteiger partial charge in [0.05, 0.1) is 13.5 Å². The molecule has 1 rings (SSSR count). The van der Waals surface area contributed by atoms with E-state index in [1.54, 1.807) is 12.1 Å². The lowest BCUT2D eigenvalue weighted by atomic mass is 10.1. The van der Waals surface area contributed by atoms with E-state index >= 15 is 0 Å². The van der Waals surface area contributed by atoms with Gasteiger partial charge in [0.25, 0.3) is 0 Å². The molecule has 1 aromatic rings. The molecule has 0 bridgehead atoms. The molecule has 15 heavy (non-hydrogen) atoms. The molecule has 0 unspecified atom stereocenters. The predicted molar refractivity (Wildman–Crippen MR) is 62.9 cm³/mol. The number of carbonyl (C=O) groups is 2. The summed E-state index contributed by atoms with van der Waals surface area (Å²) in [4.78, 5) is 21.9. The molecule has 0 atom stereocenters. The van der Waals surface area contributed by atoms with Gasteiger partial charge in [0.15, 0.2) is 6.29 Å². The maximum atomic E-state index is 11.1. The molecule has 0 heterocycles. The van der Waals surface area contributed by atoms with E-state index in [1.807, 2.05) is 0 Å². The second-order valence-corrected chi connectivity index (χ2v) is 4.60. The fourth-order valence-electron chi connectivity index (χ4n) is 1.14. The van der Waals surface area contributed by atoms with E-state index in [0.717, 1.165) is 10.8 Å². The number of benzene rings is 1. The van der Waals surface area contributed by atoms with Crippen molar-refractivity contribution in [1.82, 2.24) is 0 Å². The highest BCUT2D eigenvalue weighted by atomic mass is 79.9. The van der Waals surface area contributed by atoms with Crippen LogP contribution in [0.15, 0.2) is 21.1 Å². The zero-order valence-corrected chi connectivity index (χ0v) is 11.1. The van der Waals surface area contributed by atoms with Crippen LogP contribution in [0.3, 0.4) is 0 Å². The Hall–Kier alpha value is -0.680. The van der Waals surface area contributed by atoms with Crippen molar-refractivity contribution in [3.8, 4) is 0 Å². The summed E-state index contributed by atoms with van der Waals surface area (Å²) in [6.07, 6.45) is 0.803. The number of hydrogen-bond donors (Lipinski definition) is 0. The minimum absolute atomic E-state index is 0.0859. The van der Waals surface area contributed by atoms with Crippen LogP contribution in [0.25, 0.3) is 0 Å². The molecule has 0 radical (unpaired) electrons. The van der Waals surface area contributed by atoms with E-state index in [2.05, 4.69) is 36.6 Å². The zero-order valence-electron chi connectivity index (χ0n) is 7.92. The first-order valence-electron chi connectivity index (χ1n) is 4.08. The number of halogens is 2. The third kappa shape index (κ3) is 3.14. The monoisotopic (exact) mass is 334 g/mol. The Balaban J connectivity index is 3.14. The lowest BCUT2D eigenvalue weighted by Crippen LogP contribution is -2.07. The van der Waals surface area contributed by atoms with Gasteiger partial charge in [0, 0.05) is 14.5 Å². The van der Waals surface area contributed by atoms with E-state index in [-0.39, 0.29) is 12.4 Å². The lowest BCUT2D eigenvalue weighted by molar-refractivity contribution is -0.139. The summed E-state index contributed by atoms with van der Waals surface area (Å²) >= 11 is 6.55. The quantitative estimate of drug-likeness (QED) is 0.630. The summed E-state index contributed by atoms with van der Waals surface area (Å²) in [5, 5.41) is 0. The largest absolute Gasteiger partial charge is 0.469 e. The van der Waals surface area contributed by atoms with Crippen molar-refractivity contribution in [2.45, 2.75) is 6.42 Å². The van der Waals surface area contributed by atoms with Crippen LogP contribution >= 0.6 is 31.9 Å². The molecule has 0 aliphatic rings. The van der Waals surface area contributed by atoms with E-state index in [1.165, 1.54) is 7.11 Å². The molecule has 0 aromatic heterocycles. The fourth-order valence-corrected chi connectivity index (χ4v) is 2.55. The number of carbonyl (C=O) groups excluding carboxylic acids is 2. The molecule has 0 saturated heterocycles. The Kier molecular flexibility index (Phi) is 4.47. The van der Waals surface area contributed by atoms with E-state index in [0.29, 0.717) is 15.6 Å². The summed E-state index contributed by atoms with van der Waals surface area (Å²) in [6.45, 7) is 0. The molecule has 0 aliphatic heterocycles. The van der Waals surface area contributed by atoms with E-state index < -0.39 is 0 Å². The number of esters is 1. The number of aldehydes is 1. The summed E-state index contributed by atoms with van der Waals surface area (Å²) in [5.41, 5.74) is 1.11. The second kappa shape index (κ2) is 5.42. The molecule has 80 valence electrons. The van der Waals surface area contributed by atoms with Crippen LogP contribution in [0.2, 0.25) is 0 Å². The molecular weight excluding hydrogens is 328 g/mol. The first kappa shape index (κ1) is 12.4. The Labute approximate surface area is 104 Å². The van der Waals surface area contributed by atoms with Gasteiger partial charge in [0.1, 0.15) is 0 Å². The Morgan fingerprint density at radius 2 is 2.13 bits per heavy atom. The maximum Gasteiger partial charge on any atom is 0.310 e. The van der Waals surface area contributed by atoms with Crippen molar-refractivity contribution in [2.24, 2.45) is 0 Å². The third-order valence-electron chi connectivity index (χ3n) is 1.86. The normalized spacial score (nSPS) is 9.80. The number of methoxy groups -OCH3 is 1. The topological polar surface area (TPSA) is 43.4 Å². The van der Waals surface area contributed by atoms with Crippen molar-refractivity contribution in [3.05, 3.63) is 32.2 Å². The maximum absolute atomic E-state index is 11.1. The minimum atomic E-state index is -0.372. The zero-order chi connectivity index (χ0) is 11.4. The van der Waals surface area contributed by atoms with Gasteiger partial charge in [-0.3, -0.25) is 9.59 Å². The second-order valence-electron chi connectivity index (χ2n) is 2.83. The van der Waals surface area contributed by atoms with Crippen LogP contribution in [0.1, 0.15) is 15.9 Å². The SMILES string of the molecule is COC(=O)Cc1cc(Br)cc(Br)c1C=O. The highest BCUT2D eigenvalue weighted by molar-refractivity contribution is 9.11. The Morgan fingerprint density at radius 3 is 2.67 bits per heavy atom. The molecule has 0 saturated carbocycles. The first-order valence-corrected chi connectivity index (χ1v) is 5.67. The minimum Gasteiger partial charge on any atom is -0.469 e. The average molecular weight is 336 g/mol. The molecule has 1 aromatic carbocycles. The predicted octanol–water partition coefficient (Wildman–Crippen LogP) is 2.74. The summed E-state index contributed by atoms with van der Waals surface area (Å²) in [5.74, 6) is -0.372. The first-order chi connectivity index (χ1) is 7.08. The van der Waals surface area contributed by atoms with Gasteiger partial charge in [-0.1, -0.05) is 31.9 Å². The van der Waals surface area contributed by atoms with Gasteiger partial charge in [-0.15, -0.1) is 0 Å². The molecule has 0 amide bonds. The molecular formula is C10H8Br2O3. The fraction of sp³-hybridized carbons (Fsp3) is 0.200. The van der Waals surface area contributed by atoms with Crippen LogP contribution in [-0.2, 0) is 16.0 Å². The van der Waals surface area contributed by atoms with E-state index in [4.69, 9.17) is 0 Å². The number of ether oxygens (including phenoxy) is 1. The summed E-state index contributed by atoms with van der Waals surface area (Å²) in [6, 6.07) is 3.48. The third-order valence-corrected chi connectivity index (χ3v) is 2.97. The highest BCUT2D eigenvalue weighted by Crippen LogP contribution is 2.25. The summed E-state index contributed by atoms with van der Waals surface area (Å²) in [7, 11) is 1.32. The summed E-state index contributed by atoms with van der Waals surface area (Å²) < 4.78 is 6.01. The number of rotatable bonds is 3. The number of hydrogen-bond acceptors (Lipinski definition) is 3. The molecule has 0 fully saturated rings. The van der Waals surface area contributed by atoms with Gasteiger partial charge >= 0.3 is 5.97 Å². The van der Waals surface area contributed by atoms with Crippen LogP contribution in [-0.4, -0.2) is 19.4 Å². The Morgan fingerprint density at radius 1 is 1.47 bits per heavy atom. The smallest absolute Gasteiger partial charge is 0.310 e. The molecule has 5 heteroatoms. The van der Waals surface area contributed by atoms with Crippen LogP contribution in [0.5, 0.6) is 0 Å². The van der Waals surface area contributed by atoms with Gasteiger partial charge in [0.2, 0.25) is 0 Å². The highest BCUT2D eigenvalue weighted by Gasteiger charge is 2.11. The van der Waals surface area contributed by atoms with Crippen LogP contribution in [0, 0.1) is 0 Å².